The normalized spacial score (nSPS) is 9.93. The van der Waals surface area contributed by atoms with Crippen LogP contribution < -0.4 is 0 Å². The number of carbonyl (C=O) groups is 2. The number of methoxy groups -OCH3 is 2. The third-order valence-corrected chi connectivity index (χ3v) is 4.08. The minimum absolute atomic E-state index is 0.288. The van der Waals surface area contributed by atoms with Gasteiger partial charge in [-0.3, -0.25) is 0 Å². The van der Waals surface area contributed by atoms with E-state index in [9.17, 15) is 9.59 Å². The number of benzene rings is 1. The minimum atomic E-state index is -0.317. The molecule has 2 aromatic heterocycles. The second-order valence-corrected chi connectivity index (χ2v) is 5.98. The van der Waals surface area contributed by atoms with Crippen LogP contribution in [0, 0.1) is 13.8 Å². The number of carbonyl (C=O) groups excluding carboxylic acids is 2. The van der Waals surface area contributed by atoms with E-state index in [2.05, 4.69) is 9.72 Å². The van der Waals surface area contributed by atoms with Crippen LogP contribution in [0.15, 0.2) is 54.9 Å². The van der Waals surface area contributed by atoms with Crippen LogP contribution in [0.4, 0.5) is 0 Å². The van der Waals surface area contributed by atoms with Gasteiger partial charge in [-0.1, -0.05) is 30.3 Å². The molecule has 0 saturated heterocycles. The molecule has 0 aliphatic rings. The van der Waals surface area contributed by atoms with Crippen molar-refractivity contribution >= 4 is 11.9 Å². The zero-order valence-electron chi connectivity index (χ0n) is 16.0. The molecular weight excluding hydrogens is 344 g/mol. The van der Waals surface area contributed by atoms with Gasteiger partial charge in [0.25, 0.3) is 0 Å². The summed E-state index contributed by atoms with van der Waals surface area (Å²) in [6.45, 7) is 4.44. The van der Waals surface area contributed by atoms with Gasteiger partial charge in [-0.25, -0.2) is 9.59 Å². The van der Waals surface area contributed by atoms with Crippen LogP contribution in [0.5, 0.6) is 0 Å². The quantitative estimate of drug-likeness (QED) is 0.712. The van der Waals surface area contributed by atoms with Gasteiger partial charge in [-0.15, -0.1) is 0 Å². The maximum Gasteiger partial charge on any atom is 0.354 e. The first-order valence-corrected chi connectivity index (χ1v) is 8.48. The fourth-order valence-corrected chi connectivity index (χ4v) is 2.64. The van der Waals surface area contributed by atoms with E-state index in [1.165, 1.54) is 14.2 Å². The molecule has 0 amide bonds. The van der Waals surface area contributed by atoms with Crippen molar-refractivity contribution in [2.75, 3.05) is 14.2 Å². The van der Waals surface area contributed by atoms with Crippen molar-refractivity contribution in [1.29, 1.82) is 0 Å². The van der Waals surface area contributed by atoms with Gasteiger partial charge in [-0.2, -0.15) is 0 Å². The largest absolute Gasteiger partial charge is 0.464 e. The van der Waals surface area contributed by atoms with E-state index >= 15 is 0 Å². The smallest absolute Gasteiger partial charge is 0.354 e. The van der Waals surface area contributed by atoms with E-state index in [1.807, 2.05) is 67.1 Å². The Labute approximate surface area is 158 Å². The third kappa shape index (κ3) is 5.10. The predicted octanol–water partition coefficient (Wildman–Crippen LogP) is 3.74. The molecule has 0 bridgehead atoms. The molecule has 0 fully saturated rings. The summed E-state index contributed by atoms with van der Waals surface area (Å²) in [6.07, 6.45) is 3.62. The maximum atomic E-state index is 11.7. The Hall–Kier alpha value is -3.28. The molecule has 0 saturated carbocycles. The first kappa shape index (κ1) is 20.0. The summed E-state index contributed by atoms with van der Waals surface area (Å²) in [7, 11) is 2.77. The number of nitrogens with zero attached hydrogens (tertiary/aromatic N) is 1. The summed E-state index contributed by atoms with van der Waals surface area (Å²) in [6, 6.07) is 13.8. The topological polar surface area (TPSA) is 73.3 Å². The Morgan fingerprint density at radius 3 is 2.15 bits per heavy atom. The average Bonchev–Trinajstić information content (AvgIpc) is 3.27. The molecule has 0 spiro atoms. The number of hydrogen-bond donors (Lipinski definition) is 1. The summed E-state index contributed by atoms with van der Waals surface area (Å²) in [5, 5.41) is 0. The van der Waals surface area contributed by atoms with Crippen molar-refractivity contribution in [2.45, 2.75) is 20.4 Å². The summed E-state index contributed by atoms with van der Waals surface area (Å²) < 4.78 is 11.2. The number of ether oxygens (including phenoxy) is 2. The molecule has 6 nitrogen and oxygen atoms in total. The van der Waals surface area contributed by atoms with Crippen LogP contribution in [-0.2, 0) is 16.0 Å². The van der Waals surface area contributed by atoms with Gasteiger partial charge in [-0.05, 0) is 42.7 Å². The fraction of sp³-hybridized carbons (Fsp3) is 0.238. The minimum Gasteiger partial charge on any atom is -0.464 e. The van der Waals surface area contributed by atoms with Crippen LogP contribution in [0.2, 0.25) is 0 Å². The van der Waals surface area contributed by atoms with Crippen molar-refractivity contribution in [1.82, 2.24) is 9.55 Å². The highest BCUT2D eigenvalue weighted by molar-refractivity contribution is 5.89. The number of rotatable bonds is 4. The van der Waals surface area contributed by atoms with Crippen LogP contribution in [-0.4, -0.2) is 35.7 Å². The second-order valence-electron chi connectivity index (χ2n) is 5.98. The molecule has 0 aliphatic heterocycles. The van der Waals surface area contributed by atoms with E-state index in [-0.39, 0.29) is 11.9 Å². The lowest BCUT2D eigenvalue weighted by atomic mass is 10.2. The molecule has 0 atom stereocenters. The Morgan fingerprint density at radius 2 is 1.59 bits per heavy atom. The molecule has 6 heteroatoms. The fourth-order valence-electron chi connectivity index (χ4n) is 2.64. The molecule has 0 unspecified atom stereocenters. The molecule has 3 aromatic rings. The molecule has 142 valence electrons. The molecular formula is C21H24N2O4. The molecule has 2 heterocycles. The average molecular weight is 368 g/mol. The Kier molecular flexibility index (Phi) is 7.00. The van der Waals surface area contributed by atoms with Crippen molar-refractivity contribution in [3.8, 4) is 0 Å². The Balaban J connectivity index is 0.000000223. The SMILES string of the molecule is COC(=O)c1[nH]ccc1C.COC(=O)c1c(C)ccn1Cc1ccccc1. The number of aryl methyl sites for hydroxylation is 2. The van der Waals surface area contributed by atoms with Gasteiger partial charge in [0.2, 0.25) is 0 Å². The molecule has 0 aliphatic carbocycles. The molecule has 1 aromatic carbocycles. The number of nitrogens with one attached hydrogen (secondary N) is 1. The maximum absolute atomic E-state index is 11.7. The van der Waals surface area contributed by atoms with Gasteiger partial charge >= 0.3 is 11.9 Å². The molecule has 3 rings (SSSR count). The number of esters is 2. The van der Waals surface area contributed by atoms with Gasteiger partial charge in [0.15, 0.2) is 0 Å². The second kappa shape index (κ2) is 9.43. The Bertz CT molecular complexity index is 894. The van der Waals surface area contributed by atoms with Crippen molar-refractivity contribution < 1.29 is 19.1 Å². The van der Waals surface area contributed by atoms with E-state index in [0.717, 1.165) is 16.7 Å². The third-order valence-electron chi connectivity index (χ3n) is 4.08. The number of aromatic nitrogens is 2. The molecule has 0 radical (unpaired) electrons. The zero-order valence-corrected chi connectivity index (χ0v) is 16.0. The summed E-state index contributed by atoms with van der Waals surface area (Å²) in [5.74, 6) is -0.606. The van der Waals surface area contributed by atoms with Crippen LogP contribution >= 0.6 is 0 Å². The van der Waals surface area contributed by atoms with Crippen molar-refractivity contribution in [3.05, 3.63) is 82.9 Å². The van der Waals surface area contributed by atoms with Crippen LogP contribution in [0.1, 0.15) is 37.7 Å². The van der Waals surface area contributed by atoms with E-state index in [0.29, 0.717) is 17.9 Å². The van der Waals surface area contributed by atoms with Gasteiger partial charge in [0.1, 0.15) is 11.4 Å². The lowest BCUT2D eigenvalue weighted by molar-refractivity contribution is 0.0581. The van der Waals surface area contributed by atoms with Crippen molar-refractivity contribution in [3.63, 3.8) is 0 Å². The van der Waals surface area contributed by atoms with E-state index in [1.54, 1.807) is 6.20 Å². The summed E-state index contributed by atoms with van der Waals surface area (Å²) in [5.41, 5.74) is 4.16. The van der Waals surface area contributed by atoms with Crippen LogP contribution in [0.3, 0.4) is 0 Å². The monoisotopic (exact) mass is 368 g/mol. The van der Waals surface area contributed by atoms with E-state index in [4.69, 9.17) is 4.74 Å². The number of H-pyrrole nitrogens is 1. The van der Waals surface area contributed by atoms with Crippen LogP contribution in [0.25, 0.3) is 0 Å². The lowest BCUT2D eigenvalue weighted by Gasteiger charge is -2.08. The first-order valence-electron chi connectivity index (χ1n) is 8.48. The zero-order chi connectivity index (χ0) is 19.8. The highest BCUT2D eigenvalue weighted by Crippen LogP contribution is 2.13. The van der Waals surface area contributed by atoms with Crippen molar-refractivity contribution in [2.24, 2.45) is 0 Å². The summed E-state index contributed by atoms with van der Waals surface area (Å²) >= 11 is 0. The predicted molar refractivity (Wildman–Crippen MR) is 103 cm³/mol. The number of aromatic amines is 1. The highest BCUT2D eigenvalue weighted by atomic mass is 16.5. The van der Waals surface area contributed by atoms with E-state index < -0.39 is 0 Å². The van der Waals surface area contributed by atoms with Gasteiger partial charge in [0.05, 0.1) is 14.2 Å². The highest BCUT2D eigenvalue weighted by Gasteiger charge is 2.14. The Morgan fingerprint density at radius 1 is 0.926 bits per heavy atom. The summed E-state index contributed by atoms with van der Waals surface area (Å²) in [4.78, 5) is 25.3. The standard InChI is InChI=1S/C14H15NO2.C7H9NO2/c1-11-8-9-15(13(11)14(16)17-2)10-12-6-4-3-5-7-12;1-5-3-4-8-6(5)7(9)10-2/h3-9H,10H2,1-2H3;3-4,8H,1-2H3. The van der Waals surface area contributed by atoms with Gasteiger partial charge in [0, 0.05) is 18.9 Å². The van der Waals surface area contributed by atoms with Gasteiger partial charge < -0.3 is 19.0 Å². The number of hydrogen-bond acceptors (Lipinski definition) is 4. The molecule has 1 N–H and O–H groups in total. The molecule has 27 heavy (non-hydrogen) atoms. The lowest BCUT2D eigenvalue weighted by Crippen LogP contribution is -2.12. The first-order chi connectivity index (χ1) is 13.0.